The van der Waals surface area contributed by atoms with Gasteiger partial charge in [0, 0.05) is 11.3 Å². The molecular weight excluding hydrogens is 370 g/mol. The Bertz CT molecular complexity index is 939. The van der Waals surface area contributed by atoms with Gasteiger partial charge in [-0.2, -0.15) is 0 Å². The van der Waals surface area contributed by atoms with Crippen LogP contribution in [0.1, 0.15) is 76.8 Å². The van der Waals surface area contributed by atoms with Gasteiger partial charge in [0.05, 0.1) is 5.69 Å². The quantitative estimate of drug-likeness (QED) is 0.523. The molecule has 0 aliphatic heterocycles. The van der Waals surface area contributed by atoms with Crippen molar-refractivity contribution in [2.24, 2.45) is 0 Å². The summed E-state index contributed by atoms with van der Waals surface area (Å²) < 4.78 is 10.9. The third-order valence-corrected chi connectivity index (χ3v) is 4.94. The van der Waals surface area contributed by atoms with Crippen LogP contribution in [0.5, 0.6) is 5.75 Å². The molecule has 1 N–H and O–H groups in total. The van der Waals surface area contributed by atoms with E-state index in [0.717, 1.165) is 11.1 Å². The van der Waals surface area contributed by atoms with Crippen molar-refractivity contribution in [2.45, 2.75) is 60.5 Å². The largest absolute Gasteiger partial charge is 0.482 e. The molecule has 0 amide bonds. The van der Waals surface area contributed by atoms with Gasteiger partial charge in [-0.1, -0.05) is 26.0 Å². The number of H-pyrrole nitrogens is 1. The van der Waals surface area contributed by atoms with Crippen molar-refractivity contribution in [3.63, 3.8) is 0 Å². The lowest BCUT2D eigenvalue weighted by Crippen LogP contribution is -2.28. The molecule has 156 valence electrons. The van der Waals surface area contributed by atoms with E-state index >= 15 is 0 Å². The average Bonchev–Trinajstić information content (AvgIpc) is 2.94. The number of esters is 1. The van der Waals surface area contributed by atoms with E-state index in [-0.39, 0.29) is 23.9 Å². The normalized spacial score (nSPS) is 12.0. The van der Waals surface area contributed by atoms with Gasteiger partial charge >= 0.3 is 5.97 Å². The summed E-state index contributed by atoms with van der Waals surface area (Å²) in [6.45, 7) is 12.2. The van der Waals surface area contributed by atoms with Crippen LogP contribution in [0.2, 0.25) is 0 Å². The molecule has 0 aliphatic rings. The fourth-order valence-electron chi connectivity index (χ4n) is 3.28. The summed E-state index contributed by atoms with van der Waals surface area (Å²) in [5.41, 5.74) is 4.01. The van der Waals surface area contributed by atoms with Crippen LogP contribution in [-0.2, 0) is 9.53 Å². The lowest BCUT2D eigenvalue weighted by molar-refractivity contribution is -0.148. The van der Waals surface area contributed by atoms with E-state index in [9.17, 15) is 14.4 Å². The van der Waals surface area contributed by atoms with Crippen LogP contribution < -0.4 is 4.74 Å². The maximum Gasteiger partial charge on any atom is 0.344 e. The number of hydrogen-bond acceptors (Lipinski definition) is 5. The van der Waals surface area contributed by atoms with E-state index in [2.05, 4.69) is 18.8 Å². The molecule has 1 atom stereocenters. The highest BCUT2D eigenvalue weighted by Crippen LogP contribution is 2.24. The molecule has 2 aromatic rings. The fourth-order valence-corrected chi connectivity index (χ4v) is 3.28. The number of Topliss-reactive ketones (excluding diaryl/α,β-unsaturated/α-hetero) is 2. The molecule has 1 heterocycles. The molecule has 6 nitrogen and oxygen atoms in total. The molecule has 0 saturated heterocycles. The van der Waals surface area contributed by atoms with Gasteiger partial charge in [0.15, 0.2) is 18.5 Å². The van der Waals surface area contributed by atoms with Gasteiger partial charge < -0.3 is 14.5 Å². The van der Waals surface area contributed by atoms with E-state index in [1.54, 1.807) is 13.8 Å². The Labute approximate surface area is 171 Å². The van der Waals surface area contributed by atoms with Gasteiger partial charge in [0.1, 0.15) is 5.75 Å². The fraction of sp³-hybridized carbons (Fsp3) is 0.435. The van der Waals surface area contributed by atoms with Crippen molar-refractivity contribution >= 4 is 17.5 Å². The van der Waals surface area contributed by atoms with Gasteiger partial charge in [0.25, 0.3) is 0 Å². The number of carbonyl (C=O) groups excluding carboxylic acids is 3. The first-order chi connectivity index (χ1) is 13.5. The smallest absolute Gasteiger partial charge is 0.344 e. The number of aryl methyl sites for hydroxylation is 2. The summed E-state index contributed by atoms with van der Waals surface area (Å²) in [6, 6.07) is 5.89. The first-order valence-electron chi connectivity index (χ1n) is 9.70. The number of carbonyl (C=O) groups is 3. The molecule has 0 radical (unpaired) electrons. The van der Waals surface area contributed by atoms with Gasteiger partial charge in [-0.25, -0.2) is 4.79 Å². The molecular formula is C23H29NO5. The van der Waals surface area contributed by atoms with Crippen molar-refractivity contribution in [1.29, 1.82) is 0 Å². The van der Waals surface area contributed by atoms with Gasteiger partial charge in [-0.3, -0.25) is 9.59 Å². The Morgan fingerprint density at radius 2 is 1.72 bits per heavy atom. The second-order valence-electron chi connectivity index (χ2n) is 7.65. The van der Waals surface area contributed by atoms with E-state index in [1.165, 1.54) is 13.8 Å². The lowest BCUT2D eigenvalue weighted by atomic mass is 10.0. The van der Waals surface area contributed by atoms with Crippen LogP contribution in [0.25, 0.3) is 0 Å². The molecule has 0 unspecified atom stereocenters. The highest BCUT2D eigenvalue weighted by Gasteiger charge is 2.26. The van der Waals surface area contributed by atoms with Crippen LogP contribution >= 0.6 is 0 Å². The second-order valence-corrected chi connectivity index (χ2v) is 7.65. The number of benzene rings is 1. The van der Waals surface area contributed by atoms with Crippen molar-refractivity contribution in [3.8, 4) is 5.75 Å². The van der Waals surface area contributed by atoms with E-state index in [1.807, 2.05) is 25.1 Å². The van der Waals surface area contributed by atoms with Crippen LogP contribution in [0, 0.1) is 20.8 Å². The maximum absolute atomic E-state index is 12.7. The predicted octanol–water partition coefficient (Wildman–Crippen LogP) is 4.46. The average molecular weight is 399 g/mol. The van der Waals surface area contributed by atoms with Crippen LogP contribution in [0.4, 0.5) is 0 Å². The van der Waals surface area contributed by atoms with Gasteiger partial charge in [-0.15, -0.1) is 0 Å². The second kappa shape index (κ2) is 9.07. The molecule has 0 spiro atoms. The Balaban J connectivity index is 2.03. The number of nitrogens with one attached hydrogen (secondary N) is 1. The lowest BCUT2D eigenvalue weighted by Gasteiger charge is -2.15. The Morgan fingerprint density at radius 3 is 2.28 bits per heavy atom. The number of aromatic amines is 1. The summed E-state index contributed by atoms with van der Waals surface area (Å²) in [5, 5.41) is 0. The number of aromatic nitrogens is 1. The zero-order valence-electron chi connectivity index (χ0n) is 18.1. The maximum atomic E-state index is 12.7. The molecule has 0 aliphatic carbocycles. The summed E-state index contributed by atoms with van der Waals surface area (Å²) in [6.07, 6.45) is -0.995. The zero-order valence-corrected chi connectivity index (χ0v) is 18.1. The van der Waals surface area contributed by atoms with Crippen LogP contribution in [0.15, 0.2) is 18.2 Å². The molecule has 6 heteroatoms. The SMILES string of the molecule is CC(=O)c1c(C)[nH]c(C(=O)[C@H](C)OC(=O)COc2cc(C(C)C)ccc2C)c1C. The van der Waals surface area contributed by atoms with Crippen LogP contribution in [-0.4, -0.2) is 35.2 Å². The Hall–Kier alpha value is -2.89. The minimum absolute atomic E-state index is 0.118. The highest BCUT2D eigenvalue weighted by atomic mass is 16.6. The summed E-state index contributed by atoms with van der Waals surface area (Å²) in [7, 11) is 0. The summed E-state index contributed by atoms with van der Waals surface area (Å²) >= 11 is 0. The third-order valence-electron chi connectivity index (χ3n) is 4.94. The molecule has 2 rings (SSSR count). The highest BCUT2D eigenvalue weighted by molar-refractivity contribution is 6.05. The van der Waals surface area contributed by atoms with E-state index in [0.29, 0.717) is 28.5 Å². The first-order valence-corrected chi connectivity index (χ1v) is 9.70. The third kappa shape index (κ3) is 5.13. The predicted molar refractivity (Wildman–Crippen MR) is 111 cm³/mol. The molecule has 1 aromatic heterocycles. The Morgan fingerprint density at radius 1 is 1.07 bits per heavy atom. The number of rotatable bonds is 8. The number of ketones is 2. The van der Waals surface area contributed by atoms with Crippen molar-refractivity contribution in [3.05, 3.63) is 51.8 Å². The van der Waals surface area contributed by atoms with Gasteiger partial charge in [0.2, 0.25) is 5.78 Å². The first kappa shape index (κ1) is 22.4. The van der Waals surface area contributed by atoms with Crippen molar-refractivity contribution < 1.29 is 23.9 Å². The van der Waals surface area contributed by atoms with Gasteiger partial charge in [-0.05, 0) is 63.3 Å². The van der Waals surface area contributed by atoms with Crippen molar-refractivity contribution in [1.82, 2.24) is 4.98 Å². The molecule has 0 bridgehead atoms. The minimum Gasteiger partial charge on any atom is -0.482 e. The Kier molecular flexibility index (Phi) is 7.01. The standard InChI is InChI=1S/C23H29NO5/c1-12(2)18-9-8-13(3)19(10-18)28-11-20(26)29-17(7)23(27)22-14(4)21(16(6)25)15(5)24-22/h8-10,12,17,24H,11H2,1-7H3/t17-/m0/s1. The molecule has 29 heavy (non-hydrogen) atoms. The van der Waals surface area contributed by atoms with Crippen LogP contribution in [0.3, 0.4) is 0 Å². The molecule has 0 fully saturated rings. The van der Waals surface area contributed by atoms with E-state index in [4.69, 9.17) is 9.47 Å². The topological polar surface area (TPSA) is 85.5 Å². The number of hydrogen-bond donors (Lipinski definition) is 1. The summed E-state index contributed by atoms with van der Waals surface area (Å²) in [5.74, 6) is -0.172. The zero-order chi connectivity index (χ0) is 21.9. The molecule has 1 aromatic carbocycles. The van der Waals surface area contributed by atoms with Crippen molar-refractivity contribution in [2.75, 3.05) is 6.61 Å². The summed E-state index contributed by atoms with van der Waals surface area (Å²) in [4.78, 5) is 39.6. The number of ether oxygens (including phenoxy) is 2. The minimum atomic E-state index is -0.995. The van der Waals surface area contributed by atoms with E-state index < -0.39 is 12.1 Å². The monoisotopic (exact) mass is 399 g/mol. The molecule has 0 saturated carbocycles.